The van der Waals surface area contributed by atoms with Crippen LogP contribution in [0.5, 0.6) is 0 Å². The van der Waals surface area contributed by atoms with E-state index in [-0.39, 0.29) is 11.8 Å². The number of aryl methyl sites for hydroxylation is 1. The molecule has 2 heterocycles. The Morgan fingerprint density at radius 3 is 2.55 bits per heavy atom. The Hall–Kier alpha value is -3.16. The predicted molar refractivity (Wildman–Crippen MR) is 132 cm³/mol. The zero-order chi connectivity index (χ0) is 23.2. The average Bonchev–Trinajstić information content (AvgIpc) is 3.16. The smallest absolute Gasteiger partial charge is 0.246 e. The van der Waals surface area contributed by atoms with Crippen LogP contribution >= 0.6 is 0 Å². The summed E-state index contributed by atoms with van der Waals surface area (Å²) in [5.41, 5.74) is 3.46. The largest absolute Gasteiger partial charge is 0.383 e. The van der Waals surface area contributed by atoms with Gasteiger partial charge in [0.25, 0.3) is 0 Å². The lowest BCUT2D eigenvalue weighted by molar-refractivity contribution is -0.128. The molecule has 1 N–H and O–H groups in total. The molecule has 1 aromatic heterocycles. The number of methoxy groups -OCH3 is 1. The number of ether oxygens (including phenoxy) is 1. The third-order valence-electron chi connectivity index (χ3n) is 6.21. The van der Waals surface area contributed by atoms with Gasteiger partial charge in [-0.2, -0.15) is 0 Å². The molecular formula is C26H32N4O3. The molecular weight excluding hydrogens is 416 g/mol. The summed E-state index contributed by atoms with van der Waals surface area (Å²) in [6, 6.07) is 14.8. The highest BCUT2D eigenvalue weighted by molar-refractivity contribution is 6.08. The number of fused-ring (bicyclic) bond motifs is 3. The Balaban J connectivity index is 1.36. The summed E-state index contributed by atoms with van der Waals surface area (Å²) in [6.45, 7) is 7.09. The fraction of sp³-hybridized carbons (Fsp3) is 0.385. The van der Waals surface area contributed by atoms with Crippen LogP contribution in [0.1, 0.15) is 12.5 Å². The van der Waals surface area contributed by atoms with Gasteiger partial charge in [-0.3, -0.25) is 14.5 Å². The first-order chi connectivity index (χ1) is 16.1. The summed E-state index contributed by atoms with van der Waals surface area (Å²) in [4.78, 5) is 28.6. The number of hydrogen-bond donors (Lipinski definition) is 1. The van der Waals surface area contributed by atoms with E-state index >= 15 is 0 Å². The van der Waals surface area contributed by atoms with E-state index < -0.39 is 0 Å². The lowest BCUT2D eigenvalue weighted by Crippen LogP contribution is -2.51. The van der Waals surface area contributed by atoms with Crippen molar-refractivity contribution in [2.75, 3.05) is 53.0 Å². The number of hydrogen-bond acceptors (Lipinski definition) is 4. The highest BCUT2D eigenvalue weighted by Crippen LogP contribution is 2.30. The fourth-order valence-electron chi connectivity index (χ4n) is 4.47. The minimum atomic E-state index is -0.00783. The second-order valence-electron chi connectivity index (χ2n) is 8.32. The van der Waals surface area contributed by atoms with Crippen LogP contribution in [-0.4, -0.2) is 79.2 Å². The number of carbonyl (C=O) groups excluding carboxylic acids is 2. The van der Waals surface area contributed by atoms with Crippen LogP contribution in [0.4, 0.5) is 0 Å². The van der Waals surface area contributed by atoms with Crippen LogP contribution in [0.3, 0.4) is 0 Å². The molecule has 1 aliphatic heterocycles. The van der Waals surface area contributed by atoms with Gasteiger partial charge in [0.1, 0.15) is 0 Å². The monoisotopic (exact) mass is 448 g/mol. The molecule has 1 fully saturated rings. The van der Waals surface area contributed by atoms with E-state index in [1.165, 1.54) is 21.8 Å². The summed E-state index contributed by atoms with van der Waals surface area (Å²) in [7, 11) is 1.61. The molecule has 1 saturated heterocycles. The second-order valence-corrected chi connectivity index (χ2v) is 8.32. The molecule has 2 aromatic carbocycles. The molecule has 0 spiro atoms. The minimum Gasteiger partial charge on any atom is -0.383 e. The van der Waals surface area contributed by atoms with Gasteiger partial charge >= 0.3 is 0 Å². The first-order valence-corrected chi connectivity index (χ1v) is 11.6. The number of nitrogens with one attached hydrogen (secondary N) is 1. The summed E-state index contributed by atoms with van der Waals surface area (Å²) in [5, 5.41) is 5.28. The van der Waals surface area contributed by atoms with Crippen LogP contribution < -0.4 is 5.32 Å². The summed E-state index contributed by atoms with van der Waals surface area (Å²) >= 11 is 0. The molecule has 0 saturated carbocycles. The van der Waals surface area contributed by atoms with E-state index in [0.717, 1.165) is 12.1 Å². The highest BCUT2D eigenvalue weighted by Gasteiger charge is 2.21. The zero-order valence-electron chi connectivity index (χ0n) is 19.4. The third-order valence-corrected chi connectivity index (χ3v) is 6.21. The van der Waals surface area contributed by atoms with Crippen LogP contribution in [0.25, 0.3) is 27.9 Å². The summed E-state index contributed by atoms with van der Waals surface area (Å²) in [6.07, 6.45) is 3.56. The molecule has 0 bridgehead atoms. The number of benzene rings is 2. The molecule has 33 heavy (non-hydrogen) atoms. The molecule has 0 unspecified atom stereocenters. The van der Waals surface area contributed by atoms with E-state index in [9.17, 15) is 9.59 Å². The van der Waals surface area contributed by atoms with Crippen molar-refractivity contribution in [3.8, 4) is 0 Å². The molecule has 4 rings (SSSR count). The first kappa shape index (κ1) is 23.0. The van der Waals surface area contributed by atoms with Crippen LogP contribution in [-0.2, 0) is 20.9 Å². The van der Waals surface area contributed by atoms with Gasteiger partial charge in [-0.1, -0.05) is 24.3 Å². The Morgan fingerprint density at radius 2 is 1.79 bits per heavy atom. The maximum absolute atomic E-state index is 12.7. The number of piperazine rings is 1. The van der Waals surface area contributed by atoms with Crippen molar-refractivity contribution in [3.05, 3.63) is 54.1 Å². The number of rotatable bonds is 8. The van der Waals surface area contributed by atoms with E-state index in [4.69, 9.17) is 4.74 Å². The normalized spacial score (nSPS) is 15.0. The van der Waals surface area contributed by atoms with E-state index in [2.05, 4.69) is 64.2 Å². The number of para-hydroxylation sites is 1. The topological polar surface area (TPSA) is 66.8 Å². The summed E-state index contributed by atoms with van der Waals surface area (Å²) in [5.74, 6) is 0.00169. The second kappa shape index (κ2) is 10.6. The van der Waals surface area contributed by atoms with Gasteiger partial charge in [0, 0.05) is 74.3 Å². The van der Waals surface area contributed by atoms with Gasteiger partial charge in [-0.25, -0.2) is 0 Å². The Bertz CT molecular complexity index is 1160. The van der Waals surface area contributed by atoms with Crippen molar-refractivity contribution >= 4 is 39.7 Å². The fourth-order valence-corrected chi connectivity index (χ4v) is 4.47. The Kier molecular flexibility index (Phi) is 7.42. The predicted octanol–water partition coefficient (Wildman–Crippen LogP) is 2.73. The van der Waals surface area contributed by atoms with Crippen molar-refractivity contribution in [1.82, 2.24) is 19.7 Å². The third kappa shape index (κ3) is 5.26. The van der Waals surface area contributed by atoms with E-state index in [1.54, 1.807) is 13.2 Å². The van der Waals surface area contributed by atoms with Gasteiger partial charge in [-0.15, -0.1) is 0 Å². The minimum absolute atomic E-state index is 0.00783. The maximum atomic E-state index is 12.7. The van der Waals surface area contributed by atoms with Crippen molar-refractivity contribution in [2.24, 2.45) is 0 Å². The van der Waals surface area contributed by atoms with Gasteiger partial charge < -0.3 is 19.5 Å². The highest BCUT2D eigenvalue weighted by atomic mass is 16.5. The van der Waals surface area contributed by atoms with Crippen LogP contribution in [0, 0.1) is 0 Å². The van der Waals surface area contributed by atoms with Gasteiger partial charge in [0.15, 0.2) is 0 Å². The number of amides is 2. The van der Waals surface area contributed by atoms with Crippen molar-refractivity contribution < 1.29 is 14.3 Å². The lowest BCUT2D eigenvalue weighted by Gasteiger charge is -2.33. The van der Waals surface area contributed by atoms with Crippen LogP contribution in [0.2, 0.25) is 0 Å². The van der Waals surface area contributed by atoms with Crippen molar-refractivity contribution in [2.45, 2.75) is 13.5 Å². The molecule has 7 heteroatoms. The zero-order valence-corrected chi connectivity index (χ0v) is 19.4. The van der Waals surface area contributed by atoms with Crippen molar-refractivity contribution in [3.63, 3.8) is 0 Å². The van der Waals surface area contributed by atoms with Gasteiger partial charge in [0.2, 0.25) is 11.8 Å². The number of aromatic nitrogens is 1. The molecule has 0 radical (unpaired) electrons. The Morgan fingerprint density at radius 1 is 1.03 bits per heavy atom. The molecule has 0 aliphatic carbocycles. The SMILES string of the molecule is CCn1c2ccccc2c2cc(/C=C/C(=O)N3CCN(CC(=O)NCCOC)CC3)ccc21. The van der Waals surface area contributed by atoms with Gasteiger partial charge in [0.05, 0.1) is 13.2 Å². The summed E-state index contributed by atoms with van der Waals surface area (Å²) < 4.78 is 7.26. The average molecular weight is 449 g/mol. The van der Waals surface area contributed by atoms with E-state index in [1.807, 2.05) is 11.0 Å². The standard InChI is InChI=1S/C26H32N4O3/c1-3-30-23-7-5-4-6-21(23)22-18-20(8-10-24(22)30)9-11-26(32)29-15-13-28(14-16-29)19-25(31)27-12-17-33-2/h4-11,18H,3,12-17,19H2,1-2H3,(H,27,31)/b11-9+. The molecule has 1 aliphatic rings. The molecule has 2 amide bonds. The molecule has 7 nitrogen and oxygen atoms in total. The molecule has 0 atom stereocenters. The Labute approximate surface area is 194 Å². The number of nitrogens with zero attached hydrogens (tertiary/aromatic N) is 3. The lowest BCUT2D eigenvalue weighted by atomic mass is 10.1. The first-order valence-electron chi connectivity index (χ1n) is 11.6. The maximum Gasteiger partial charge on any atom is 0.246 e. The quantitative estimate of drug-likeness (QED) is 0.425. The van der Waals surface area contributed by atoms with E-state index in [0.29, 0.717) is 45.9 Å². The van der Waals surface area contributed by atoms with Crippen LogP contribution in [0.15, 0.2) is 48.5 Å². The molecule has 174 valence electrons. The van der Waals surface area contributed by atoms with Gasteiger partial charge in [-0.05, 0) is 36.8 Å². The van der Waals surface area contributed by atoms with Crippen molar-refractivity contribution in [1.29, 1.82) is 0 Å². The molecule has 3 aromatic rings. The number of carbonyl (C=O) groups is 2.